The Morgan fingerprint density at radius 3 is 1.82 bits per heavy atom. The van der Waals surface area contributed by atoms with E-state index >= 15 is 0 Å². The van der Waals surface area contributed by atoms with Crippen LogP contribution in [-0.4, -0.2) is 5.78 Å². The van der Waals surface area contributed by atoms with Crippen LogP contribution >= 0.6 is 0 Å². The van der Waals surface area contributed by atoms with Crippen LogP contribution in [0.3, 0.4) is 0 Å². The molecule has 0 aliphatic carbocycles. The minimum Gasteiger partial charge on any atom is -0.294 e. The summed E-state index contributed by atoms with van der Waals surface area (Å²) in [5.41, 5.74) is 2.02. The zero-order valence-electron chi connectivity index (χ0n) is 14.7. The van der Waals surface area contributed by atoms with Crippen LogP contribution < -0.4 is 0 Å². The summed E-state index contributed by atoms with van der Waals surface area (Å²) >= 11 is 0. The van der Waals surface area contributed by atoms with Crippen LogP contribution in [0.1, 0.15) is 99.9 Å². The van der Waals surface area contributed by atoms with E-state index in [0.29, 0.717) is 12.2 Å². The highest BCUT2D eigenvalue weighted by molar-refractivity contribution is 5.97. The van der Waals surface area contributed by atoms with Gasteiger partial charge in [-0.3, -0.25) is 4.79 Å². The number of carbonyl (C=O) groups is 1. The second-order valence-electron chi connectivity index (χ2n) is 6.52. The van der Waals surface area contributed by atoms with Crippen LogP contribution in [-0.2, 0) is 0 Å². The molecule has 0 atom stereocenters. The molecule has 0 aliphatic rings. The predicted molar refractivity (Wildman–Crippen MR) is 96.6 cm³/mol. The fourth-order valence-corrected chi connectivity index (χ4v) is 2.97. The molecule has 0 radical (unpaired) electrons. The number of benzene rings is 1. The van der Waals surface area contributed by atoms with E-state index in [2.05, 4.69) is 6.92 Å². The summed E-state index contributed by atoms with van der Waals surface area (Å²) in [6.45, 7) is 4.29. The molecule has 1 aromatic rings. The molecule has 0 spiro atoms. The fraction of sp³-hybridized carbons (Fsp3) is 0.667. The van der Waals surface area contributed by atoms with E-state index in [1.807, 2.05) is 31.2 Å². The normalized spacial score (nSPS) is 10.8. The number of ketones is 1. The molecular weight excluding hydrogens is 268 g/mol. The van der Waals surface area contributed by atoms with Gasteiger partial charge in [-0.1, -0.05) is 95.4 Å². The summed E-state index contributed by atoms with van der Waals surface area (Å²) in [7, 11) is 0. The standard InChI is InChI=1S/C21H34O/c1-3-4-5-6-7-8-9-10-11-12-13-18-21(22)20-17-15-14-16-19(20)2/h14-17H,3-13,18H2,1-2H3. The first-order valence-corrected chi connectivity index (χ1v) is 9.34. The number of Topliss-reactive ketones (excluding diaryl/α,β-unsaturated/α-hetero) is 1. The molecule has 22 heavy (non-hydrogen) atoms. The second kappa shape index (κ2) is 12.4. The minimum atomic E-state index is 0.314. The highest BCUT2D eigenvalue weighted by Crippen LogP contribution is 2.15. The first-order valence-electron chi connectivity index (χ1n) is 9.34. The molecule has 0 N–H and O–H groups in total. The van der Waals surface area contributed by atoms with E-state index < -0.39 is 0 Å². The van der Waals surface area contributed by atoms with Crippen molar-refractivity contribution in [1.29, 1.82) is 0 Å². The lowest BCUT2D eigenvalue weighted by Gasteiger charge is -2.05. The number of aryl methyl sites for hydroxylation is 1. The van der Waals surface area contributed by atoms with Crippen molar-refractivity contribution in [3.8, 4) is 0 Å². The van der Waals surface area contributed by atoms with Crippen molar-refractivity contribution >= 4 is 5.78 Å². The first kappa shape index (κ1) is 18.9. The van der Waals surface area contributed by atoms with Crippen LogP contribution in [0.25, 0.3) is 0 Å². The van der Waals surface area contributed by atoms with Crippen LogP contribution in [0.4, 0.5) is 0 Å². The van der Waals surface area contributed by atoms with E-state index in [4.69, 9.17) is 0 Å². The predicted octanol–water partition coefficient (Wildman–Crippen LogP) is 6.88. The van der Waals surface area contributed by atoms with E-state index in [0.717, 1.165) is 17.5 Å². The molecule has 0 aromatic heterocycles. The Balaban J connectivity index is 1.95. The first-order chi connectivity index (χ1) is 10.8. The van der Waals surface area contributed by atoms with Gasteiger partial charge in [0.2, 0.25) is 0 Å². The molecule has 0 fully saturated rings. The Hall–Kier alpha value is -1.11. The lowest BCUT2D eigenvalue weighted by Crippen LogP contribution is -2.01. The summed E-state index contributed by atoms with van der Waals surface area (Å²) in [6, 6.07) is 7.93. The smallest absolute Gasteiger partial charge is 0.163 e. The summed E-state index contributed by atoms with van der Waals surface area (Å²) in [5.74, 6) is 0.314. The average Bonchev–Trinajstić information content (AvgIpc) is 2.53. The van der Waals surface area contributed by atoms with Crippen LogP contribution in [0.5, 0.6) is 0 Å². The molecule has 0 bridgehead atoms. The molecule has 0 aliphatic heterocycles. The van der Waals surface area contributed by atoms with E-state index in [1.165, 1.54) is 64.2 Å². The maximum Gasteiger partial charge on any atom is 0.163 e. The maximum absolute atomic E-state index is 12.1. The largest absolute Gasteiger partial charge is 0.294 e. The van der Waals surface area contributed by atoms with Gasteiger partial charge in [0, 0.05) is 12.0 Å². The van der Waals surface area contributed by atoms with Crippen LogP contribution in [0.15, 0.2) is 24.3 Å². The summed E-state index contributed by atoms with van der Waals surface area (Å²) < 4.78 is 0. The van der Waals surface area contributed by atoms with Crippen molar-refractivity contribution in [2.45, 2.75) is 90.9 Å². The Kier molecular flexibility index (Phi) is 10.7. The quantitative estimate of drug-likeness (QED) is 0.287. The molecule has 0 amide bonds. The molecule has 1 heteroatoms. The van der Waals surface area contributed by atoms with Crippen LogP contribution in [0, 0.1) is 6.92 Å². The van der Waals surface area contributed by atoms with Gasteiger partial charge in [-0.2, -0.15) is 0 Å². The lowest BCUT2D eigenvalue weighted by atomic mass is 9.99. The Bertz CT molecular complexity index is 408. The number of unbranched alkanes of at least 4 members (excludes halogenated alkanes) is 10. The minimum absolute atomic E-state index is 0.314. The monoisotopic (exact) mass is 302 g/mol. The third-order valence-electron chi connectivity index (χ3n) is 4.45. The van der Waals surface area contributed by atoms with Crippen LogP contribution in [0.2, 0.25) is 0 Å². The highest BCUT2D eigenvalue weighted by atomic mass is 16.1. The van der Waals surface area contributed by atoms with Crippen molar-refractivity contribution < 1.29 is 4.79 Å². The van der Waals surface area contributed by atoms with Crippen molar-refractivity contribution in [3.05, 3.63) is 35.4 Å². The van der Waals surface area contributed by atoms with Gasteiger partial charge in [0.25, 0.3) is 0 Å². The molecule has 0 saturated heterocycles. The molecule has 0 unspecified atom stereocenters. The topological polar surface area (TPSA) is 17.1 Å². The van der Waals surface area contributed by atoms with Gasteiger partial charge in [0.15, 0.2) is 5.78 Å². The Morgan fingerprint density at radius 2 is 1.27 bits per heavy atom. The molecule has 1 rings (SSSR count). The number of carbonyl (C=O) groups excluding carboxylic acids is 1. The average molecular weight is 303 g/mol. The molecular formula is C21H34O. The van der Waals surface area contributed by atoms with E-state index in [1.54, 1.807) is 0 Å². The van der Waals surface area contributed by atoms with Gasteiger partial charge in [-0.15, -0.1) is 0 Å². The van der Waals surface area contributed by atoms with Crippen molar-refractivity contribution in [2.24, 2.45) is 0 Å². The third kappa shape index (κ3) is 8.36. The summed E-state index contributed by atoms with van der Waals surface area (Å²) in [4.78, 5) is 12.1. The third-order valence-corrected chi connectivity index (χ3v) is 4.45. The van der Waals surface area contributed by atoms with Gasteiger partial charge < -0.3 is 0 Å². The molecule has 1 aromatic carbocycles. The number of hydrogen-bond acceptors (Lipinski definition) is 1. The van der Waals surface area contributed by atoms with Crippen molar-refractivity contribution in [2.75, 3.05) is 0 Å². The van der Waals surface area contributed by atoms with Gasteiger partial charge in [0.05, 0.1) is 0 Å². The van der Waals surface area contributed by atoms with Crippen molar-refractivity contribution in [1.82, 2.24) is 0 Å². The molecule has 124 valence electrons. The van der Waals surface area contributed by atoms with E-state index in [-0.39, 0.29) is 0 Å². The van der Waals surface area contributed by atoms with Gasteiger partial charge in [-0.25, -0.2) is 0 Å². The zero-order valence-corrected chi connectivity index (χ0v) is 14.7. The molecule has 1 nitrogen and oxygen atoms in total. The SMILES string of the molecule is CCCCCCCCCCCCCC(=O)c1ccccc1C. The Labute approximate surface area is 137 Å². The van der Waals surface area contributed by atoms with Gasteiger partial charge in [0.1, 0.15) is 0 Å². The molecule has 0 saturated carbocycles. The van der Waals surface area contributed by atoms with Gasteiger partial charge in [-0.05, 0) is 18.9 Å². The number of hydrogen-bond donors (Lipinski definition) is 0. The van der Waals surface area contributed by atoms with E-state index in [9.17, 15) is 4.79 Å². The maximum atomic E-state index is 12.1. The van der Waals surface area contributed by atoms with Crippen molar-refractivity contribution in [3.63, 3.8) is 0 Å². The highest BCUT2D eigenvalue weighted by Gasteiger charge is 2.07. The second-order valence-corrected chi connectivity index (χ2v) is 6.52. The zero-order chi connectivity index (χ0) is 16.0. The number of rotatable bonds is 13. The summed E-state index contributed by atoms with van der Waals surface area (Å²) in [6.07, 6.45) is 15.3. The Morgan fingerprint density at radius 1 is 0.773 bits per heavy atom. The lowest BCUT2D eigenvalue weighted by molar-refractivity contribution is 0.0978. The summed E-state index contributed by atoms with van der Waals surface area (Å²) in [5, 5.41) is 0. The molecule has 0 heterocycles. The fourth-order valence-electron chi connectivity index (χ4n) is 2.97. The van der Waals surface area contributed by atoms with Gasteiger partial charge >= 0.3 is 0 Å².